The minimum atomic E-state index is -0.00277. The van der Waals surface area contributed by atoms with Gasteiger partial charge in [0, 0.05) is 55.2 Å². The number of nitrogens with one attached hydrogen (secondary N) is 2. The van der Waals surface area contributed by atoms with Crippen molar-refractivity contribution < 1.29 is 0 Å². The molecule has 5 rings (SSSR count). The molecule has 29 heavy (non-hydrogen) atoms. The number of anilines is 2. The maximum absolute atomic E-state index is 12.5. The van der Waals surface area contributed by atoms with Crippen molar-refractivity contribution in [3.05, 3.63) is 69.5 Å². The van der Waals surface area contributed by atoms with Gasteiger partial charge >= 0.3 is 0 Å². The summed E-state index contributed by atoms with van der Waals surface area (Å²) < 4.78 is 0. The first kappa shape index (κ1) is 18.3. The molecular formula is C24H28N4O. The lowest BCUT2D eigenvalue weighted by atomic mass is 10.0. The zero-order valence-corrected chi connectivity index (χ0v) is 17.0. The van der Waals surface area contributed by atoms with Gasteiger partial charge in [0.2, 0.25) is 0 Å². The van der Waals surface area contributed by atoms with Gasteiger partial charge in [-0.1, -0.05) is 0 Å². The van der Waals surface area contributed by atoms with Crippen molar-refractivity contribution in [3.8, 4) is 0 Å². The van der Waals surface area contributed by atoms with Crippen LogP contribution >= 0.6 is 0 Å². The van der Waals surface area contributed by atoms with E-state index >= 15 is 0 Å². The van der Waals surface area contributed by atoms with Crippen LogP contribution in [0.1, 0.15) is 23.1 Å². The Balaban J connectivity index is 1.29. The summed E-state index contributed by atoms with van der Waals surface area (Å²) in [4.78, 5) is 20.4. The van der Waals surface area contributed by atoms with E-state index in [0.29, 0.717) is 6.54 Å². The van der Waals surface area contributed by atoms with Crippen LogP contribution in [0.3, 0.4) is 0 Å². The van der Waals surface area contributed by atoms with Crippen molar-refractivity contribution >= 4 is 22.3 Å². The van der Waals surface area contributed by atoms with Gasteiger partial charge < -0.3 is 20.1 Å². The molecular weight excluding hydrogens is 360 g/mol. The molecule has 0 saturated carbocycles. The number of H-pyrrole nitrogens is 1. The second kappa shape index (κ2) is 7.56. The van der Waals surface area contributed by atoms with Gasteiger partial charge in [0.25, 0.3) is 5.56 Å². The minimum absolute atomic E-state index is 0.00277. The third-order valence-electron chi connectivity index (χ3n) is 6.35. The van der Waals surface area contributed by atoms with Crippen LogP contribution in [0.5, 0.6) is 0 Å². The predicted octanol–water partition coefficient (Wildman–Crippen LogP) is 3.38. The van der Waals surface area contributed by atoms with Crippen molar-refractivity contribution in [1.82, 2.24) is 9.88 Å². The van der Waals surface area contributed by atoms with E-state index < -0.39 is 0 Å². The highest BCUT2D eigenvalue weighted by atomic mass is 16.1. The minimum Gasteiger partial charge on any atom is -0.381 e. The van der Waals surface area contributed by atoms with Gasteiger partial charge in [-0.25, -0.2) is 0 Å². The molecule has 150 valence electrons. The first-order valence-corrected chi connectivity index (χ1v) is 10.6. The molecule has 2 heterocycles. The average molecular weight is 389 g/mol. The molecule has 1 fully saturated rings. The Morgan fingerprint density at radius 2 is 1.69 bits per heavy atom. The number of hydrogen-bond acceptors (Lipinski definition) is 4. The summed E-state index contributed by atoms with van der Waals surface area (Å²) in [5, 5.41) is 4.54. The van der Waals surface area contributed by atoms with Gasteiger partial charge in [-0.2, -0.15) is 0 Å². The fraction of sp³-hybridized carbons (Fsp3) is 0.375. The van der Waals surface area contributed by atoms with Gasteiger partial charge in [0.1, 0.15) is 0 Å². The molecule has 1 aliphatic carbocycles. The number of pyridine rings is 1. The summed E-state index contributed by atoms with van der Waals surface area (Å²) in [6, 6.07) is 15.0. The van der Waals surface area contributed by atoms with Crippen LogP contribution in [0.25, 0.3) is 10.9 Å². The molecule has 5 heteroatoms. The highest BCUT2D eigenvalue weighted by molar-refractivity contribution is 5.81. The van der Waals surface area contributed by atoms with E-state index in [1.807, 2.05) is 6.07 Å². The normalized spacial score (nSPS) is 16.9. The summed E-state index contributed by atoms with van der Waals surface area (Å²) in [6.07, 6.45) is 3.49. The maximum Gasteiger partial charge on any atom is 0.253 e. The summed E-state index contributed by atoms with van der Waals surface area (Å²) in [7, 11) is 2.17. The molecule has 0 atom stereocenters. The number of aromatic nitrogens is 1. The van der Waals surface area contributed by atoms with Crippen LogP contribution in [-0.2, 0) is 19.4 Å². The van der Waals surface area contributed by atoms with Crippen molar-refractivity contribution in [1.29, 1.82) is 0 Å². The largest absolute Gasteiger partial charge is 0.381 e. The Kier molecular flexibility index (Phi) is 4.76. The topological polar surface area (TPSA) is 51.4 Å². The molecule has 0 amide bonds. The van der Waals surface area contributed by atoms with Gasteiger partial charge in [0.15, 0.2) is 0 Å². The number of rotatable bonds is 4. The Hall–Kier alpha value is -2.79. The third kappa shape index (κ3) is 3.75. The smallest absolute Gasteiger partial charge is 0.253 e. The predicted molar refractivity (Wildman–Crippen MR) is 120 cm³/mol. The standard InChI is InChI=1S/C24H28N4O/c1-27-9-11-28(12-10-27)22-7-5-21(6-8-22)25-16-20-14-19-13-17-3-2-4-18(17)15-23(19)26-24(20)29/h5-8,13-15,25H,2-4,9-12,16H2,1H3,(H,26,29). The first-order chi connectivity index (χ1) is 14.2. The number of aromatic amines is 1. The average Bonchev–Trinajstić information content (AvgIpc) is 3.19. The van der Waals surface area contributed by atoms with Crippen molar-refractivity contribution in [2.24, 2.45) is 0 Å². The lowest BCUT2D eigenvalue weighted by Gasteiger charge is -2.34. The molecule has 2 aromatic carbocycles. The van der Waals surface area contributed by atoms with E-state index in [1.165, 1.54) is 23.2 Å². The molecule has 0 spiro atoms. The molecule has 3 aromatic rings. The quantitative estimate of drug-likeness (QED) is 0.719. The van der Waals surface area contributed by atoms with E-state index in [4.69, 9.17) is 0 Å². The lowest BCUT2D eigenvalue weighted by Crippen LogP contribution is -2.44. The van der Waals surface area contributed by atoms with Crippen LogP contribution in [0.15, 0.2) is 47.3 Å². The molecule has 2 N–H and O–H groups in total. The highest BCUT2D eigenvalue weighted by Gasteiger charge is 2.15. The van der Waals surface area contributed by atoms with Crippen molar-refractivity contribution in [2.75, 3.05) is 43.4 Å². The Morgan fingerprint density at radius 1 is 0.966 bits per heavy atom. The number of hydrogen-bond donors (Lipinski definition) is 2. The van der Waals surface area contributed by atoms with Crippen LogP contribution < -0.4 is 15.8 Å². The van der Waals surface area contributed by atoms with Crippen LogP contribution in [0.4, 0.5) is 11.4 Å². The summed E-state index contributed by atoms with van der Waals surface area (Å²) in [6.45, 7) is 4.87. The number of fused-ring (bicyclic) bond motifs is 2. The van der Waals surface area contributed by atoms with Crippen LogP contribution in [0, 0.1) is 0 Å². The molecule has 0 unspecified atom stereocenters. The molecule has 5 nitrogen and oxygen atoms in total. The molecule has 2 aliphatic rings. The first-order valence-electron chi connectivity index (χ1n) is 10.6. The van der Waals surface area contributed by atoms with Gasteiger partial charge in [0.05, 0.1) is 0 Å². The van der Waals surface area contributed by atoms with E-state index in [9.17, 15) is 4.79 Å². The van der Waals surface area contributed by atoms with E-state index in [-0.39, 0.29) is 5.56 Å². The fourth-order valence-corrected chi connectivity index (χ4v) is 4.51. The zero-order chi connectivity index (χ0) is 19.8. The van der Waals surface area contributed by atoms with Gasteiger partial charge in [-0.05, 0) is 85.3 Å². The zero-order valence-electron chi connectivity index (χ0n) is 17.0. The lowest BCUT2D eigenvalue weighted by molar-refractivity contribution is 0.313. The monoisotopic (exact) mass is 388 g/mol. The molecule has 1 aromatic heterocycles. The van der Waals surface area contributed by atoms with Crippen LogP contribution in [0.2, 0.25) is 0 Å². The Morgan fingerprint density at radius 3 is 2.45 bits per heavy atom. The maximum atomic E-state index is 12.5. The van der Waals surface area contributed by atoms with Crippen molar-refractivity contribution in [3.63, 3.8) is 0 Å². The summed E-state index contributed by atoms with van der Waals surface area (Å²) >= 11 is 0. The molecule has 0 bridgehead atoms. The van der Waals surface area contributed by atoms with E-state index in [2.05, 4.69) is 63.5 Å². The fourth-order valence-electron chi connectivity index (χ4n) is 4.51. The summed E-state index contributed by atoms with van der Waals surface area (Å²) in [5.74, 6) is 0. The number of piperazine rings is 1. The molecule has 0 radical (unpaired) electrons. The number of aryl methyl sites for hydroxylation is 2. The molecule has 1 aliphatic heterocycles. The third-order valence-corrected chi connectivity index (χ3v) is 6.35. The van der Waals surface area contributed by atoms with Gasteiger partial charge in [-0.3, -0.25) is 4.79 Å². The second-order valence-electron chi connectivity index (χ2n) is 8.38. The highest BCUT2D eigenvalue weighted by Crippen LogP contribution is 2.26. The van der Waals surface area contributed by atoms with E-state index in [1.54, 1.807) is 0 Å². The van der Waals surface area contributed by atoms with Crippen molar-refractivity contribution in [2.45, 2.75) is 25.8 Å². The Bertz CT molecular complexity index is 1080. The number of benzene rings is 2. The molecule has 1 saturated heterocycles. The number of nitrogens with zero attached hydrogens (tertiary/aromatic N) is 2. The Labute approximate surface area is 171 Å². The number of likely N-dealkylation sites (N-methyl/N-ethyl adjacent to an activating group) is 1. The SMILES string of the molecule is CN1CCN(c2ccc(NCc3cc4cc5c(cc4[nH]c3=O)CCC5)cc2)CC1. The summed E-state index contributed by atoms with van der Waals surface area (Å²) in [5.41, 5.74) is 6.85. The van der Waals surface area contributed by atoms with E-state index in [0.717, 1.165) is 61.2 Å². The van der Waals surface area contributed by atoms with Crippen LogP contribution in [-0.4, -0.2) is 43.1 Å². The van der Waals surface area contributed by atoms with Gasteiger partial charge in [-0.15, -0.1) is 0 Å². The second-order valence-corrected chi connectivity index (χ2v) is 8.38.